The number of halogens is 1. The number of fused-ring (bicyclic) bond motifs is 1. The second kappa shape index (κ2) is 8.40. The van der Waals surface area contributed by atoms with Gasteiger partial charge >= 0.3 is 0 Å². The molecule has 3 aromatic carbocycles. The SMILES string of the molecule is O=C(CSc1nc2ccccc2n1CCc1ccccc1)c1ccc(F)cc1. The van der Waals surface area contributed by atoms with E-state index < -0.39 is 0 Å². The third kappa shape index (κ3) is 4.15. The molecule has 0 amide bonds. The molecule has 0 aliphatic carbocycles. The van der Waals surface area contributed by atoms with Crippen molar-refractivity contribution in [3.8, 4) is 0 Å². The van der Waals surface area contributed by atoms with Gasteiger partial charge in [-0.05, 0) is 48.4 Å². The maximum absolute atomic E-state index is 13.1. The van der Waals surface area contributed by atoms with Crippen LogP contribution in [-0.2, 0) is 13.0 Å². The first-order chi connectivity index (χ1) is 13.7. The highest BCUT2D eigenvalue weighted by Gasteiger charge is 2.14. The minimum absolute atomic E-state index is 0.0355. The van der Waals surface area contributed by atoms with E-state index in [0.717, 1.165) is 29.2 Å². The Kier molecular flexibility index (Phi) is 5.53. The number of benzene rings is 3. The summed E-state index contributed by atoms with van der Waals surface area (Å²) in [5.41, 5.74) is 3.77. The number of hydrogen-bond acceptors (Lipinski definition) is 3. The van der Waals surface area contributed by atoms with E-state index in [1.165, 1.54) is 41.6 Å². The first-order valence-corrected chi connectivity index (χ1v) is 10.1. The largest absolute Gasteiger partial charge is 0.319 e. The third-order valence-electron chi connectivity index (χ3n) is 4.58. The predicted octanol–water partition coefficient (Wildman–Crippen LogP) is 5.39. The molecule has 0 spiro atoms. The van der Waals surface area contributed by atoms with Crippen molar-refractivity contribution < 1.29 is 9.18 Å². The zero-order chi connectivity index (χ0) is 19.3. The average molecular weight is 390 g/mol. The number of Topliss-reactive ketones (excluding diaryl/α,β-unsaturated/α-hetero) is 1. The Morgan fingerprint density at radius 2 is 1.64 bits per heavy atom. The zero-order valence-electron chi connectivity index (χ0n) is 15.2. The smallest absolute Gasteiger partial charge is 0.173 e. The number of carbonyl (C=O) groups is 1. The standard InChI is InChI=1S/C23H19FN2OS/c24-19-12-10-18(11-13-19)22(27)16-28-23-25-20-8-4-5-9-21(20)26(23)15-14-17-6-2-1-3-7-17/h1-13H,14-16H2. The average Bonchev–Trinajstić information content (AvgIpc) is 3.09. The lowest BCUT2D eigenvalue weighted by Gasteiger charge is -2.09. The fourth-order valence-corrected chi connectivity index (χ4v) is 4.05. The summed E-state index contributed by atoms with van der Waals surface area (Å²) in [6, 6.07) is 24.0. The Morgan fingerprint density at radius 3 is 2.43 bits per heavy atom. The third-order valence-corrected chi connectivity index (χ3v) is 5.56. The number of ketones is 1. The highest BCUT2D eigenvalue weighted by Crippen LogP contribution is 2.25. The number of aromatic nitrogens is 2. The molecule has 0 atom stereocenters. The van der Waals surface area contributed by atoms with Gasteiger partial charge in [-0.1, -0.05) is 54.2 Å². The highest BCUT2D eigenvalue weighted by molar-refractivity contribution is 7.99. The molecule has 4 rings (SSSR count). The van der Waals surface area contributed by atoms with E-state index in [4.69, 9.17) is 4.98 Å². The fraction of sp³-hybridized carbons (Fsp3) is 0.130. The lowest BCUT2D eigenvalue weighted by Crippen LogP contribution is -2.06. The summed E-state index contributed by atoms with van der Waals surface area (Å²) in [7, 11) is 0. The molecule has 0 fully saturated rings. The van der Waals surface area contributed by atoms with E-state index in [9.17, 15) is 9.18 Å². The topological polar surface area (TPSA) is 34.9 Å². The van der Waals surface area contributed by atoms with Gasteiger partial charge in [-0.3, -0.25) is 4.79 Å². The Labute approximate surface area is 167 Å². The van der Waals surface area contributed by atoms with E-state index in [2.05, 4.69) is 22.8 Å². The Bertz CT molecular complexity index is 1090. The van der Waals surface area contributed by atoms with Crippen LogP contribution in [0.4, 0.5) is 4.39 Å². The predicted molar refractivity (Wildman–Crippen MR) is 111 cm³/mol. The molecule has 4 aromatic rings. The molecule has 28 heavy (non-hydrogen) atoms. The summed E-state index contributed by atoms with van der Waals surface area (Å²) in [6.45, 7) is 0.789. The molecule has 5 heteroatoms. The lowest BCUT2D eigenvalue weighted by atomic mass is 10.1. The Morgan fingerprint density at radius 1 is 0.929 bits per heavy atom. The molecule has 0 unspecified atom stereocenters. The number of thioether (sulfide) groups is 1. The number of nitrogens with zero attached hydrogens (tertiary/aromatic N) is 2. The van der Waals surface area contributed by atoms with Crippen LogP contribution in [0.1, 0.15) is 15.9 Å². The first-order valence-electron chi connectivity index (χ1n) is 9.11. The second-order valence-electron chi connectivity index (χ2n) is 6.49. The van der Waals surface area contributed by atoms with Gasteiger partial charge in [0.25, 0.3) is 0 Å². The van der Waals surface area contributed by atoms with Crippen molar-refractivity contribution in [1.29, 1.82) is 0 Å². The van der Waals surface area contributed by atoms with E-state index in [-0.39, 0.29) is 17.4 Å². The quantitative estimate of drug-likeness (QED) is 0.313. The number of para-hydroxylation sites is 2. The van der Waals surface area contributed by atoms with Crippen molar-refractivity contribution in [2.24, 2.45) is 0 Å². The summed E-state index contributed by atoms with van der Waals surface area (Å²) in [4.78, 5) is 17.2. The van der Waals surface area contributed by atoms with Gasteiger partial charge in [-0.25, -0.2) is 9.37 Å². The van der Waals surface area contributed by atoms with Crippen LogP contribution in [0.3, 0.4) is 0 Å². The molecule has 0 N–H and O–H groups in total. The van der Waals surface area contributed by atoms with Gasteiger partial charge in [-0.2, -0.15) is 0 Å². The van der Waals surface area contributed by atoms with Crippen LogP contribution in [0, 0.1) is 5.82 Å². The van der Waals surface area contributed by atoms with Gasteiger partial charge in [0.15, 0.2) is 10.9 Å². The van der Waals surface area contributed by atoms with E-state index >= 15 is 0 Å². The number of aryl methyl sites for hydroxylation is 2. The van der Waals surface area contributed by atoms with Gasteiger partial charge in [-0.15, -0.1) is 0 Å². The number of rotatable bonds is 7. The van der Waals surface area contributed by atoms with Crippen molar-refractivity contribution in [3.05, 3.63) is 95.8 Å². The highest BCUT2D eigenvalue weighted by atomic mass is 32.2. The second-order valence-corrected chi connectivity index (χ2v) is 7.43. The lowest BCUT2D eigenvalue weighted by molar-refractivity contribution is 0.102. The van der Waals surface area contributed by atoms with Crippen LogP contribution in [0.2, 0.25) is 0 Å². The molecule has 140 valence electrons. The number of imidazole rings is 1. The van der Waals surface area contributed by atoms with E-state index in [1.807, 2.05) is 36.4 Å². The summed E-state index contributed by atoms with van der Waals surface area (Å²) in [6.07, 6.45) is 0.890. The van der Waals surface area contributed by atoms with Gasteiger partial charge in [0.1, 0.15) is 5.82 Å². The Hall–Kier alpha value is -2.92. The molecule has 0 radical (unpaired) electrons. The summed E-state index contributed by atoms with van der Waals surface area (Å²) in [5, 5.41) is 0.826. The van der Waals surface area contributed by atoms with Crippen LogP contribution in [0.5, 0.6) is 0 Å². The molecule has 0 bridgehead atoms. The van der Waals surface area contributed by atoms with Gasteiger partial charge in [0, 0.05) is 12.1 Å². The summed E-state index contributed by atoms with van der Waals surface area (Å²) < 4.78 is 15.2. The molecule has 0 saturated heterocycles. The van der Waals surface area contributed by atoms with Crippen LogP contribution < -0.4 is 0 Å². The molecule has 0 aliphatic heterocycles. The zero-order valence-corrected chi connectivity index (χ0v) is 16.0. The van der Waals surface area contributed by atoms with Crippen LogP contribution in [-0.4, -0.2) is 21.1 Å². The van der Waals surface area contributed by atoms with Gasteiger partial charge in [0.05, 0.1) is 16.8 Å². The summed E-state index contributed by atoms with van der Waals surface area (Å²) >= 11 is 1.42. The first kappa shape index (κ1) is 18.4. The molecule has 0 saturated carbocycles. The normalized spacial score (nSPS) is 11.0. The molecule has 1 aromatic heterocycles. The van der Waals surface area contributed by atoms with Crippen LogP contribution >= 0.6 is 11.8 Å². The van der Waals surface area contributed by atoms with Gasteiger partial charge in [0.2, 0.25) is 0 Å². The maximum Gasteiger partial charge on any atom is 0.173 e. The monoisotopic (exact) mass is 390 g/mol. The fourth-order valence-electron chi connectivity index (χ4n) is 3.11. The minimum atomic E-state index is -0.341. The van der Waals surface area contributed by atoms with E-state index in [0.29, 0.717) is 5.56 Å². The van der Waals surface area contributed by atoms with Crippen molar-refractivity contribution >= 4 is 28.6 Å². The number of hydrogen-bond donors (Lipinski definition) is 0. The van der Waals surface area contributed by atoms with Crippen molar-refractivity contribution in [2.45, 2.75) is 18.1 Å². The maximum atomic E-state index is 13.1. The van der Waals surface area contributed by atoms with Gasteiger partial charge < -0.3 is 4.57 Å². The van der Waals surface area contributed by atoms with Crippen LogP contribution in [0.25, 0.3) is 11.0 Å². The van der Waals surface area contributed by atoms with Crippen molar-refractivity contribution in [1.82, 2.24) is 9.55 Å². The van der Waals surface area contributed by atoms with Crippen molar-refractivity contribution in [2.75, 3.05) is 5.75 Å². The summed E-state index contributed by atoms with van der Waals surface area (Å²) in [5.74, 6) is -0.112. The molecular formula is C23H19FN2OS. The number of carbonyl (C=O) groups excluding carboxylic acids is 1. The minimum Gasteiger partial charge on any atom is -0.319 e. The van der Waals surface area contributed by atoms with Crippen molar-refractivity contribution in [3.63, 3.8) is 0 Å². The van der Waals surface area contributed by atoms with Crippen LogP contribution in [0.15, 0.2) is 84.0 Å². The molecular weight excluding hydrogens is 371 g/mol. The van der Waals surface area contributed by atoms with E-state index in [1.54, 1.807) is 0 Å². The molecule has 0 aliphatic rings. The molecule has 3 nitrogen and oxygen atoms in total. The molecule has 1 heterocycles. The Balaban J connectivity index is 1.54.